The van der Waals surface area contributed by atoms with Gasteiger partial charge in [-0.05, 0) is 37.0 Å². The minimum atomic E-state index is -0.542. The smallest absolute Gasteiger partial charge is 0.257 e. The van der Waals surface area contributed by atoms with E-state index < -0.39 is 5.82 Å². The van der Waals surface area contributed by atoms with E-state index in [1.165, 1.54) is 12.1 Å². The van der Waals surface area contributed by atoms with Crippen LogP contribution in [0.25, 0.3) is 0 Å². The van der Waals surface area contributed by atoms with Crippen molar-refractivity contribution in [2.24, 2.45) is 11.8 Å². The molecule has 2 fully saturated rings. The number of rotatable bonds is 1. The molecule has 2 aliphatic rings. The fraction of sp³-hybridized carbons (Fsp3) is 0.500. The molecule has 2 saturated heterocycles. The number of amides is 1. The van der Waals surface area contributed by atoms with Gasteiger partial charge < -0.3 is 10.2 Å². The molecule has 1 amide bonds. The van der Waals surface area contributed by atoms with Crippen LogP contribution in [0.2, 0.25) is 5.02 Å². The average molecular weight is 283 g/mol. The first-order valence-electron chi connectivity index (χ1n) is 6.54. The Bertz CT molecular complexity index is 522. The maximum absolute atomic E-state index is 13.8. The van der Waals surface area contributed by atoms with Gasteiger partial charge in [-0.15, -0.1) is 0 Å². The van der Waals surface area contributed by atoms with Crippen LogP contribution in [-0.2, 0) is 0 Å². The number of hydrogen-bond acceptors (Lipinski definition) is 2. The van der Waals surface area contributed by atoms with Gasteiger partial charge in [0.15, 0.2) is 0 Å². The molecule has 3 atom stereocenters. The second kappa shape index (κ2) is 4.76. The topological polar surface area (TPSA) is 32.3 Å². The van der Waals surface area contributed by atoms with E-state index in [0.29, 0.717) is 23.4 Å². The zero-order valence-corrected chi connectivity index (χ0v) is 11.5. The van der Waals surface area contributed by atoms with E-state index in [0.717, 1.165) is 13.1 Å². The van der Waals surface area contributed by atoms with Gasteiger partial charge in [-0.2, -0.15) is 0 Å². The van der Waals surface area contributed by atoms with Gasteiger partial charge in [0.2, 0.25) is 0 Å². The fourth-order valence-electron chi connectivity index (χ4n) is 3.25. The lowest BCUT2D eigenvalue weighted by Crippen LogP contribution is -2.38. The van der Waals surface area contributed by atoms with E-state index >= 15 is 0 Å². The van der Waals surface area contributed by atoms with Crippen LogP contribution < -0.4 is 5.32 Å². The number of likely N-dealkylation sites (tertiary alicyclic amines) is 1. The summed E-state index contributed by atoms with van der Waals surface area (Å²) >= 11 is 5.71. The van der Waals surface area contributed by atoms with Crippen LogP contribution >= 0.6 is 11.6 Å². The van der Waals surface area contributed by atoms with Crippen molar-refractivity contribution in [1.29, 1.82) is 0 Å². The number of nitrogens with one attached hydrogen (secondary N) is 1. The number of carbonyl (C=O) groups excluding carboxylic acids is 1. The second-order valence-corrected chi connectivity index (χ2v) is 5.84. The maximum Gasteiger partial charge on any atom is 0.257 e. The van der Waals surface area contributed by atoms with Crippen molar-refractivity contribution in [3.05, 3.63) is 34.6 Å². The number of halogens is 2. The zero-order chi connectivity index (χ0) is 13.6. The Balaban J connectivity index is 1.84. The predicted octanol–water partition coefficient (Wildman–Crippen LogP) is 2.16. The van der Waals surface area contributed by atoms with E-state index in [4.69, 9.17) is 11.6 Å². The van der Waals surface area contributed by atoms with Crippen molar-refractivity contribution >= 4 is 17.5 Å². The highest BCUT2D eigenvalue weighted by atomic mass is 35.5. The Morgan fingerprint density at radius 3 is 2.95 bits per heavy atom. The molecule has 3 rings (SSSR count). The highest BCUT2D eigenvalue weighted by Gasteiger charge is 2.44. The Morgan fingerprint density at radius 1 is 1.47 bits per heavy atom. The number of benzene rings is 1. The average Bonchev–Trinajstić information content (AvgIpc) is 2.92. The molecule has 2 aliphatic heterocycles. The lowest BCUT2D eigenvalue weighted by molar-refractivity contribution is 0.0724. The lowest BCUT2D eigenvalue weighted by atomic mass is 9.95. The van der Waals surface area contributed by atoms with Crippen LogP contribution in [0.3, 0.4) is 0 Å². The Labute approximate surface area is 116 Å². The maximum atomic E-state index is 13.8. The fourth-order valence-corrected chi connectivity index (χ4v) is 3.41. The molecular formula is C14H16ClFN2O. The summed E-state index contributed by atoms with van der Waals surface area (Å²) < 4.78 is 13.8. The number of nitrogens with zero attached hydrogens (tertiary/aromatic N) is 1. The molecule has 19 heavy (non-hydrogen) atoms. The van der Waals surface area contributed by atoms with Crippen molar-refractivity contribution in [3.8, 4) is 0 Å². The Kier molecular flexibility index (Phi) is 3.23. The first kappa shape index (κ1) is 12.9. The van der Waals surface area contributed by atoms with Gasteiger partial charge in [-0.1, -0.05) is 11.6 Å². The number of hydrogen-bond donors (Lipinski definition) is 1. The van der Waals surface area contributed by atoms with Crippen LogP contribution in [0.15, 0.2) is 18.2 Å². The van der Waals surface area contributed by atoms with Gasteiger partial charge in [0.25, 0.3) is 5.91 Å². The SMILES string of the molecule is CC1C2CNCC2CN1C(=O)c1ccc(Cl)cc1F. The van der Waals surface area contributed by atoms with Gasteiger partial charge in [0.1, 0.15) is 5.82 Å². The van der Waals surface area contributed by atoms with Crippen molar-refractivity contribution in [1.82, 2.24) is 10.2 Å². The van der Waals surface area contributed by atoms with Crippen LogP contribution in [0.5, 0.6) is 0 Å². The van der Waals surface area contributed by atoms with Gasteiger partial charge in [0, 0.05) is 30.7 Å². The minimum absolute atomic E-state index is 0.115. The van der Waals surface area contributed by atoms with Crippen LogP contribution in [0, 0.1) is 17.7 Å². The van der Waals surface area contributed by atoms with E-state index in [9.17, 15) is 9.18 Å². The van der Waals surface area contributed by atoms with Crippen molar-refractivity contribution < 1.29 is 9.18 Å². The molecule has 102 valence electrons. The van der Waals surface area contributed by atoms with Gasteiger partial charge in [0.05, 0.1) is 5.56 Å². The monoisotopic (exact) mass is 282 g/mol. The highest BCUT2D eigenvalue weighted by Crippen LogP contribution is 2.33. The molecule has 0 spiro atoms. The van der Waals surface area contributed by atoms with Gasteiger partial charge in [-0.25, -0.2) is 4.39 Å². The molecule has 3 nitrogen and oxygen atoms in total. The quantitative estimate of drug-likeness (QED) is 0.856. The molecule has 1 N–H and O–H groups in total. The molecule has 3 unspecified atom stereocenters. The number of carbonyl (C=O) groups is 1. The molecule has 5 heteroatoms. The molecule has 0 bridgehead atoms. The summed E-state index contributed by atoms with van der Waals surface area (Å²) in [7, 11) is 0. The minimum Gasteiger partial charge on any atom is -0.335 e. The standard InChI is InChI=1S/C14H16ClFN2O/c1-8-12-6-17-5-9(12)7-18(8)14(19)11-3-2-10(15)4-13(11)16/h2-4,8-9,12,17H,5-7H2,1H3. The first-order chi connectivity index (χ1) is 9.08. The molecular weight excluding hydrogens is 267 g/mol. The van der Waals surface area contributed by atoms with E-state index in [1.54, 1.807) is 11.0 Å². The Hall–Kier alpha value is -1.13. The molecule has 1 aromatic carbocycles. The third kappa shape index (κ3) is 2.13. The highest BCUT2D eigenvalue weighted by molar-refractivity contribution is 6.30. The summed E-state index contributed by atoms with van der Waals surface area (Å²) in [6, 6.07) is 4.38. The molecule has 0 saturated carbocycles. The molecule has 0 aliphatic carbocycles. The summed E-state index contributed by atoms with van der Waals surface area (Å²) in [4.78, 5) is 14.2. The summed E-state index contributed by atoms with van der Waals surface area (Å²) in [5.41, 5.74) is 0.115. The van der Waals surface area contributed by atoms with Crippen molar-refractivity contribution in [2.45, 2.75) is 13.0 Å². The van der Waals surface area contributed by atoms with E-state index in [1.807, 2.05) is 6.92 Å². The van der Waals surface area contributed by atoms with E-state index in [-0.39, 0.29) is 17.5 Å². The molecule has 0 aromatic heterocycles. The second-order valence-electron chi connectivity index (χ2n) is 5.40. The van der Waals surface area contributed by atoms with Crippen LogP contribution in [-0.4, -0.2) is 36.5 Å². The normalized spacial score (nSPS) is 29.6. The summed E-state index contributed by atoms with van der Waals surface area (Å²) in [6.07, 6.45) is 0. The third-order valence-electron chi connectivity index (χ3n) is 4.36. The zero-order valence-electron chi connectivity index (χ0n) is 10.7. The van der Waals surface area contributed by atoms with Crippen molar-refractivity contribution in [2.75, 3.05) is 19.6 Å². The summed E-state index contributed by atoms with van der Waals surface area (Å²) in [5.74, 6) is 0.213. The van der Waals surface area contributed by atoms with Gasteiger partial charge >= 0.3 is 0 Å². The van der Waals surface area contributed by atoms with Crippen LogP contribution in [0.4, 0.5) is 4.39 Å². The largest absolute Gasteiger partial charge is 0.335 e. The molecule has 1 aromatic rings. The van der Waals surface area contributed by atoms with Crippen molar-refractivity contribution in [3.63, 3.8) is 0 Å². The predicted molar refractivity (Wildman–Crippen MR) is 71.8 cm³/mol. The third-order valence-corrected chi connectivity index (χ3v) is 4.59. The van der Waals surface area contributed by atoms with Crippen LogP contribution in [0.1, 0.15) is 17.3 Å². The Morgan fingerprint density at radius 2 is 2.26 bits per heavy atom. The molecule has 0 radical (unpaired) electrons. The summed E-state index contributed by atoms with van der Waals surface area (Å²) in [6.45, 7) is 4.64. The lowest BCUT2D eigenvalue weighted by Gasteiger charge is -2.24. The summed E-state index contributed by atoms with van der Waals surface area (Å²) in [5, 5.41) is 3.65. The first-order valence-corrected chi connectivity index (χ1v) is 6.92. The van der Waals surface area contributed by atoms with E-state index in [2.05, 4.69) is 5.32 Å². The van der Waals surface area contributed by atoms with Gasteiger partial charge in [-0.3, -0.25) is 4.79 Å². The molecule has 2 heterocycles. The number of fused-ring (bicyclic) bond motifs is 1.